The van der Waals surface area contributed by atoms with E-state index in [0.717, 1.165) is 11.8 Å². The van der Waals surface area contributed by atoms with Gasteiger partial charge in [-0.05, 0) is 70.8 Å². The Balaban J connectivity index is 0.000000223. The molecule has 4 aromatic heterocycles. The Morgan fingerprint density at radius 2 is 1.91 bits per heavy atom. The fourth-order valence-electron chi connectivity index (χ4n) is 3.30. The van der Waals surface area contributed by atoms with Crippen LogP contribution in [0.1, 0.15) is 13.8 Å². The molecule has 5 rings (SSSR count). The monoisotopic (exact) mass is 695 g/mol. The summed E-state index contributed by atoms with van der Waals surface area (Å²) in [5, 5.41) is 20.2. The van der Waals surface area contributed by atoms with Crippen LogP contribution in [0.25, 0.3) is 22.1 Å². The van der Waals surface area contributed by atoms with Crippen LogP contribution in [0.4, 0.5) is 11.8 Å². The number of anilines is 1. The van der Waals surface area contributed by atoms with Crippen molar-refractivity contribution in [3.63, 3.8) is 0 Å². The minimum atomic E-state index is -2.44. The molecule has 0 bridgehead atoms. The topological polar surface area (TPSA) is 208 Å². The molecular weight excluding hydrogens is 671 g/mol. The van der Waals surface area contributed by atoms with Crippen molar-refractivity contribution in [2.24, 2.45) is 7.05 Å². The van der Waals surface area contributed by atoms with Crippen LogP contribution in [0.3, 0.4) is 0 Å². The molecule has 3 N–H and O–H groups in total. The van der Waals surface area contributed by atoms with E-state index in [4.69, 9.17) is 26.6 Å². The summed E-state index contributed by atoms with van der Waals surface area (Å²) in [5.74, 6) is 0.0767. The number of H-pyrrole nitrogens is 1. The van der Waals surface area contributed by atoms with Gasteiger partial charge in [0.05, 0.1) is 24.9 Å². The number of aryl methyl sites for hydroxylation is 1. The minimum absolute atomic E-state index is 0.0527. The SMILES string of the molecule is CCOP(=S)(OCC)SCn1nnc2ccccc2c1=O.Cn1cnc([N+](=O)[O-])c1Sc1nc(N)nc2nc[nH]c12.[Al]#[P]. The fraction of sp³-hybridized carbons (Fsp3) is 0.286. The van der Waals surface area contributed by atoms with E-state index in [-0.39, 0.29) is 23.2 Å². The van der Waals surface area contributed by atoms with Crippen molar-refractivity contribution in [2.75, 3.05) is 18.9 Å². The molecule has 0 aliphatic rings. The summed E-state index contributed by atoms with van der Waals surface area (Å²) >= 11 is 9.89. The van der Waals surface area contributed by atoms with Gasteiger partial charge in [-0.3, -0.25) is 4.79 Å². The van der Waals surface area contributed by atoms with Crippen LogP contribution in [0, 0.1) is 10.1 Å². The van der Waals surface area contributed by atoms with Gasteiger partial charge in [0.2, 0.25) is 18.0 Å². The Hall–Kier alpha value is -2.52. The van der Waals surface area contributed by atoms with Gasteiger partial charge < -0.3 is 34.4 Å². The third kappa shape index (κ3) is 9.01. The van der Waals surface area contributed by atoms with Gasteiger partial charge in [0.1, 0.15) is 21.9 Å². The van der Waals surface area contributed by atoms with Crippen molar-refractivity contribution < 1.29 is 14.0 Å². The second kappa shape index (κ2) is 16.5. The number of hydrogen-bond donors (Lipinski definition) is 2. The van der Waals surface area contributed by atoms with E-state index in [9.17, 15) is 14.9 Å². The number of nitrogen functional groups attached to an aromatic ring is 1. The number of hydrogen-bond acceptors (Lipinski definition) is 15. The van der Waals surface area contributed by atoms with Crippen molar-refractivity contribution in [1.29, 1.82) is 0 Å². The van der Waals surface area contributed by atoms with E-state index in [2.05, 4.69) is 57.6 Å². The maximum atomic E-state index is 12.3. The Kier molecular flexibility index (Phi) is 13.4. The molecule has 4 heterocycles. The summed E-state index contributed by atoms with van der Waals surface area (Å²) in [6.45, 7) is 4.68. The zero-order valence-corrected chi connectivity index (χ0v) is 28.3. The van der Waals surface area contributed by atoms with Gasteiger partial charge in [0, 0.05) is 7.05 Å². The Morgan fingerprint density at radius 1 is 1.21 bits per heavy atom. The Morgan fingerprint density at radius 3 is 2.58 bits per heavy atom. The van der Waals surface area contributed by atoms with Gasteiger partial charge in [0.25, 0.3) is 5.56 Å². The first-order valence-electron chi connectivity index (χ1n) is 12.1. The van der Waals surface area contributed by atoms with Crippen LogP contribution < -0.4 is 11.3 Å². The van der Waals surface area contributed by atoms with Crippen LogP contribution in [-0.2, 0) is 33.8 Å². The van der Waals surface area contributed by atoms with Crippen LogP contribution in [0.15, 0.2) is 51.8 Å². The zero-order valence-electron chi connectivity index (χ0n) is 22.9. The molecule has 0 saturated carbocycles. The average molecular weight is 696 g/mol. The second-order valence-corrected chi connectivity index (χ2v) is 15.0. The van der Waals surface area contributed by atoms with E-state index in [1.54, 1.807) is 29.8 Å². The second-order valence-electron chi connectivity index (χ2n) is 7.78. The first-order valence-corrected chi connectivity index (χ1v) is 19.2. The quantitative estimate of drug-likeness (QED) is 0.0696. The van der Waals surface area contributed by atoms with Crippen LogP contribution in [-0.4, -0.2) is 77.8 Å². The maximum absolute atomic E-state index is 12.3. The van der Waals surface area contributed by atoms with Gasteiger partial charge in [-0.25, -0.2) is 9.97 Å². The summed E-state index contributed by atoms with van der Waals surface area (Å²) in [6.07, 6.45) is 2.83. The van der Waals surface area contributed by atoms with E-state index in [1.807, 2.05) is 19.9 Å². The van der Waals surface area contributed by atoms with Crippen LogP contribution in [0.5, 0.6) is 0 Å². The first kappa shape index (κ1) is 35.0. The van der Waals surface area contributed by atoms with Gasteiger partial charge in [-0.2, -0.15) is 9.67 Å². The molecule has 0 saturated heterocycles. The molecular formula is C21H24AlN11O5P2S3. The molecule has 16 nitrogen and oxygen atoms in total. The molecule has 0 spiro atoms. The molecule has 1 aromatic carbocycles. The molecule has 0 amide bonds. The number of nitrogens with zero attached hydrogens (tertiary/aromatic N) is 9. The zero-order chi connectivity index (χ0) is 31.6. The van der Waals surface area contributed by atoms with E-state index >= 15 is 0 Å². The number of nitrogens with one attached hydrogen (secondary N) is 1. The number of aromatic amines is 1. The molecule has 0 fully saturated rings. The summed E-state index contributed by atoms with van der Waals surface area (Å²) in [7, 11) is 5.11. The molecule has 0 unspecified atom stereocenters. The van der Waals surface area contributed by atoms with Gasteiger partial charge >= 0.3 is 28.2 Å². The van der Waals surface area contributed by atoms with E-state index < -0.39 is 10.6 Å². The third-order valence-corrected chi connectivity index (χ3v) is 11.5. The Labute approximate surface area is 267 Å². The van der Waals surface area contributed by atoms with E-state index in [1.165, 1.54) is 28.7 Å². The normalized spacial score (nSPS) is 11.1. The van der Waals surface area contributed by atoms with Gasteiger partial charge in [0.15, 0.2) is 10.7 Å². The number of benzene rings is 1. The summed E-state index contributed by atoms with van der Waals surface area (Å²) in [4.78, 5) is 41.4. The standard InChI is InChI=1S/C12H16N3O3PS2.C9H8N8O2S.Al.P/c1-3-17-19(20,18-4-2)21-9-15-12(16)10-7-5-6-8-11(10)13-14-15;1-16-3-13-6(17(18)19)8(16)20-7-4-5(12-2-11-4)14-9(10)15-7;;/h5-8H,3-4,9H2,1-2H3;2-3H,1H3,(H3,10,11,12,14,15);;. The number of nitro groups is 1. The van der Waals surface area contributed by atoms with Crippen LogP contribution >= 0.6 is 36.1 Å². The van der Waals surface area contributed by atoms with Crippen molar-refractivity contribution in [2.45, 2.75) is 29.8 Å². The Bertz CT molecular complexity index is 1840. The summed E-state index contributed by atoms with van der Waals surface area (Å²) in [6, 6.07) is 7.11. The van der Waals surface area contributed by atoms with Crippen molar-refractivity contribution in [1.82, 2.24) is 44.5 Å². The number of fused-ring (bicyclic) bond motifs is 2. The first-order chi connectivity index (χ1) is 20.7. The molecule has 0 aliphatic heterocycles. The van der Waals surface area contributed by atoms with Crippen LogP contribution in [0.2, 0.25) is 0 Å². The van der Waals surface area contributed by atoms with Gasteiger partial charge in [-0.15, -0.1) is 5.10 Å². The van der Waals surface area contributed by atoms with Crippen molar-refractivity contribution in [3.8, 4) is 0 Å². The molecule has 224 valence electrons. The third-order valence-electron chi connectivity index (χ3n) is 5.04. The van der Waals surface area contributed by atoms with Gasteiger partial charge in [-0.1, -0.05) is 17.3 Å². The number of rotatable bonds is 10. The number of nitrogens with two attached hydrogens (primary N) is 1. The number of imidazole rings is 2. The van der Waals surface area contributed by atoms with Crippen molar-refractivity contribution >= 4 is 96.9 Å². The molecule has 0 radical (unpaired) electrons. The molecule has 0 atom stereocenters. The predicted octanol–water partition coefficient (Wildman–Crippen LogP) is 3.99. The molecule has 22 heteroatoms. The molecule has 0 aliphatic carbocycles. The average Bonchev–Trinajstić information content (AvgIpc) is 3.61. The summed E-state index contributed by atoms with van der Waals surface area (Å²) in [5.41, 5.74) is 4.53. The summed E-state index contributed by atoms with van der Waals surface area (Å²) < 4.78 is 13.9. The molecule has 43 heavy (non-hydrogen) atoms. The van der Waals surface area contributed by atoms with E-state index in [0.29, 0.717) is 45.3 Å². The molecule has 5 aromatic rings. The fourth-order valence-corrected chi connectivity index (χ4v) is 8.45. The predicted molar refractivity (Wildman–Crippen MR) is 172 cm³/mol. The van der Waals surface area contributed by atoms with Crippen molar-refractivity contribution in [3.05, 3.63) is 57.4 Å². The number of aromatic nitrogens is 9.